The van der Waals surface area contributed by atoms with Gasteiger partial charge in [-0.25, -0.2) is 12.8 Å². The Labute approximate surface area is 128 Å². The minimum Gasteiger partial charge on any atom is -0.364 e. The van der Waals surface area contributed by atoms with Gasteiger partial charge >= 0.3 is 0 Å². The molecule has 0 N–H and O–H groups in total. The summed E-state index contributed by atoms with van der Waals surface area (Å²) in [6, 6.07) is 8.15. The SMILES string of the molecule is O=S1(=O)CC[C@@H](N(Cc2ccon2)Cc2ccccc2F)C1. The molecule has 0 bridgehead atoms. The Hall–Kier alpha value is -1.73. The molecule has 0 saturated carbocycles. The van der Waals surface area contributed by atoms with Crippen LogP contribution in [0.3, 0.4) is 0 Å². The average molecular weight is 324 g/mol. The highest BCUT2D eigenvalue weighted by Crippen LogP contribution is 2.22. The van der Waals surface area contributed by atoms with E-state index in [1.807, 2.05) is 4.90 Å². The molecule has 1 atom stereocenters. The Kier molecular flexibility index (Phi) is 4.26. The van der Waals surface area contributed by atoms with Gasteiger partial charge in [0, 0.05) is 30.8 Å². The minimum absolute atomic E-state index is 0.110. The Morgan fingerprint density at radius 3 is 2.73 bits per heavy atom. The highest BCUT2D eigenvalue weighted by Gasteiger charge is 2.32. The van der Waals surface area contributed by atoms with Crippen molar-refractivity contribution >= 4 is 9.84 Å². The van der Waals surface area contributed by atoms with Gasteiger partial charge in [-0.2, -0.15) is 0 Å². The molecule has 0 spiro atoms. The van der Waals surface area contributed by atoms with Gasteiger partial charge in [0.1, 0.15) is 12.1 Å². The van der Waals surface area contributed by atoms with Crippen LogP contribution >= 0.6 is 0 Å². The van der Waals surface area contributed by atoms with Crippen LogP contribution in [-0.2, 0) is 22.9 Å². The second kappa shape index (κ2) is 6.18. The van der Waals surface area contributed by atoms with Gasteiger partial charge in [0.15, 0.2) is 9.84 Å². The van der Waals surface area contributed by atoms with Crippen LogP contribution in [-0.4, -0.2) is 36.0 Å². The number of nitrogens with zero attached hydrogens (tertiary/aromatic N) is 2. The molecule has 118 valence electrons. The Balaban J connectivity index is 1.81. The highest BCUT2D eigenvalue weighted by atomic mass is 32.2. The van der Waals surface area contributed by atoms with E-state index in [1.165, 1.54) is 12.3 Å². The summed E-state index contributed by atoms with van der Waals surface area (Å²) in [5, 5.41) is 3.87. The number of hydrogen-bond donors (Lipinski definition) is 0. The molecule has 22 heavy (non-hydrogen) atoms. The zero-order valence-corrected chi connectivity index (χ0v) is 12.8. The fourth-order valence-electron chi connectivity index (χ4n) is 2.75. The highest BCUT2D eigenvalue weighted by molar-refractivity contribution is 7.91. The number of benzene rings is 1. The Morgan fingerprint density at radius 1 is 1.27 bits per heavy atom. The van der Waals surface area contributed by atoms with Crippen LogP contribution in [0.4, 0.5) is 4.39 Å². The molecule has 7 heteroatoms. The van der Waals surface area contributed by atoms with Crippen LogP contribution < -0.4 is 0 Å². The number of aromatic nitrogens is 1. The van der Waals surface area contributed by atoms with Crippen molar-refractivity contribution in [3.8, 4) is 0 Å². The van der Waals surface area contributed by atoms with E-state index in [4.69, 9.17) is 4.52 Å². The zero-order chi connectivity index (χ0) is 15.6. The lowest BCUT2D eigenvalue weighted by Crippen LogP contribution is -2.35. The number of halogens is 1. The second-order valence-electron chi connectivity index (χ2n) is 5.54. The molecule has 3 rings (SSSR count). The van der Waals surface area contributed by atoms with E-state index in [0.29, 0.717) is 30.8 Å². The van der Waals surface area contributed by atoms with E-state index in [9.17, 15) is 12.8 Å². The summed E-state index contributed by atoms with van der Waals surface area (Å²) in [7, 11) is -3.00. The van der Waals surface area contributed by atoms with Crippen molar-refractivity contribution < 1.29 is 17.3 Å². The maximum atomic E-state index is 13.9. The average Bonchev–Trinajstić information content (AvgIpc) is 3.10. The summed E-state index contributed by atoms with van der Waals surface area (Å²) in [4.78, 5) is 1.96. The van der Waals surface area contributed by atoms with Crippen molar-refractivity contribution in [2.45, 2.75) is 25.6 Å². The van der Waals surface area contributed by atoms with E-state index in [1.54, 1.807) is 24.3 Å². The maximum Gasteiger partial charge on any atom is 0.151 e. The van der Waals surface area contributed by atoms with Gasteiger partial charge in [-0.15, -0.1) is 0 Å². The first-order valence-corrected chi connectivity index (χ1v) is 8.93. The molecule has 1 aliphatic rings. The Morgan fingerprint density at radius 2 is 2.09 bits per heavy atom. The van der Waals surface area contributed by atoms with Crippen LogP contribution in [0.25, 0.3) is 0 Å². The molecule has 0 aliphatic carbocycles. The van der Waals surface area contributed by atoms with Crippen LogP contribution in [0.2, 0.25) is 0 Å². The summed E-state index contributed by atoms with van der Waals surface area (Å²) >= 11 is 0. The van der Waals surface area contributed by atoms with Gasteiger partial charge < -0.3 is 4.52 Å². The third-order valence-corrected chi connectivity index (χ3v) is 5.66. The molecule has 1 aromatic heterocycles. The summed E-state index contributed by atoms with van der Waals surface area (Å²) in [5.41, 5.74) is 1.26. The predicted molar refractivity (Wildman–Crippen MR) is 79.2 cm³/mol. The molecule has 1 aliphatic heterocycles. The topological polar surface area (TPSA) is 63.4 Å². The number of rotatable bonds is 5. The van der Waals surface area contributed by atoms with Crippen LogP contribution in [0, 0.1) is 5.82 Å². The fourth-order valence-corrected chi connectivity index (χ4v) is 4.51. The van der Waals surface area contributed by atoms with Gasteiger partial charge in [0.2, 0.25) is 0 Å². The lowest BCUT2D eigenvalue weighted by molar-refractivity contribution is 0.186. The molecule has 1 fully saturated rings. The third-order valence-electron chi connectivity index (χ3n) is 3.91. The van der Waals surface area contributed by atoms with Crippen molar-refractivity contribution in [1.29, 1.82) is 0 Å². The quantitative estimate of drug-likeness (QED) is 0.842. The van der Waals surface area contributed by atoms with E-state index in [0.717, 1.165) is 0 Å². The summed E-state index contributed by atoms with van der Waals surface area (Å²) in [5.74, 6) is 0.0114. The lowest BCUT2D eigenvalue weighted by Gasteiger charge is -2.27. The van der Waals surface area contributed by atoms with Crippen LogP contribution in [0.15, 0.2) is 41.1 Å². The van der Waals surface area contributed by atoms with Crippen molar-refractivity contribution in [1.82, 2.24) is 10.1 Å². The minimum atomic E-state index is -3.00. The molecule has 1 saturated heterocycles. The van der Waals surface area contributed by atoms with Crippen LogP contribution in [0.1, 0.15) is 17.7 Å². The lowest BCUT2D eigenvalue weighted by atomic mass is 10.1. The number of sulfone groups is 1. The maximum absolute atomic E-state index is 13.9. The fraction of sp³-hybridized carbons (Fsp3) is 0.400. The smallest absolute Gasteiger partial charge is 0.151 e. The summed E-state index contributed by atoms with van der Waals surface area (Å²) < 4.78 is 42.2. The first kappa shape index (κ1) is 15.2. The Bertz CT molecular complexity index is 731. The molecule has 5 nitrogen and oxygen atoms in total. The second-order valence-corrected chi connectivity index (χ2v) is 7.77. The van der Waals surface area contributed by atoms with Crippen molar-refractivity contribution in [2.75, 3.05) is 11.5 Å². The molecule has 0 radical (unpaired) electrons. The van der Waals surface area contributed by atoms with E-state index in [2.05, 4.69) is 5.16 Å². The van der Waals surface area contributed by atoms with Gasteiger partial charge in [0.25, 0.3) is 0 Å². The predicted octanol–water partition coefficient (Wildman–Crippen LogP) is 2.00. The molecule has 2 aromatic rings. The van der Waals surface area contributed by atoms with Gasteiger partial charge in [-0.1, -0.05) is 23.4 Å². The van der Waals surface area contributed by atoms with Gasteiger partial charge in [-0.3, -0.25) is 4.90 Å². The molecule has 2 heterocycles. The molecule has 1 aromatic carbocycles. The van der Waals surface area contributed by atoms with Gasteiger partial charge in [-0.05, 0) is 12.5 Å². The van der Waals surface area contributed by atoms with Crippen LogP contribution in [0.5, 0.6) is 0 Å². The normalized spacial score (nSPS) is 20.5. The monoisotopic (exact) mass is 324 g/mol. The third kappa shape index (κ3) is 3.53. The molecular formula is C15H17FN2O3S. The molecule has 0 unspecified atom stereocenters. The molecular weight excluding hydrogens is 307 g/mol. The number of hydrogen-bond acceptors (Lipinski definition) is 5. The zero-order valence-electron chi connectivity index (χ0n) is 12.0. The van der Waals surface area contributed by atoms with Crippen molar-refractivity contribution in [2.24, 2.45) is 0 Å². The van der Waals surface area contributed by atoms with Crippen molar-refractivity contribution in [3.05, 3.63) is 53.7 Å². The first-order chi connectivity index (χ1) is 10.5. The van der Waals surface area contributed by atoms with E-state index < -0.39 is 9.84 Å². The molecule has 0 amide bonds. The summed E-state index contributed by atoms with van der Waals surface area (Å²) in [6.45, 7) is 0.782. The largest absolute Gasteiger partial charge is 0.364 e. The summed E-state index contributed by atoms with van der Waals surface area (Å²) in [6.07, 6.45) is 2.04. The van der Waals surface area contributed by atoms with E-state index in [-0.39, 0.29) is 23.4 Å². The van der Waals surface area contributed by atoms with Crippen molar-refractivity contribution in [3.63, 3.8) is 0 Å². The van der Waals surface area contributed by atoms with Gasteiger partial charge in [0.05, 0.1) is 17.2 Å². The first-order valence-electron chi connectivity index (χ1n) is 7.11. The standard InChI is InChI=1S/C15H17FN2O3S/c16-15-4-2-1-3-12(15)9-18(10-13-5-7-21-17-13)14-6-8-22(19,20)11-14/h1-5,7,14H,6,8-11H2/t14-/m1/s1. The van der Waals surface area contributed by atoms with E-state index >= 15 is 0 Å².